The number of carbonyl (C=O) groups excluding carboxylic acids is 1. The maximum Gasteiger partial charge on any atom is 0.251 e. The van der Waals surface area contributed by atoms with E-state index in [-0.39, 0.29) is 23.9 Å². The van der Waals surface area contributed by atoms with Gasteiger partial charge in [-0.3, -0.25) is 13.8 Å². The molecule has 114 valence electrons. The lowest BCUT2D eigenvalue weighted by Gasteiger charge is -2.22. The molecule has 0 unspecified atom stereocenters. The second-order valence-corrected chi connectivity index (χ2v) is 6.63. The molecule has 1 aliphatic heterocycles. The number of phenolic OH excluding ortho intramolecular Hbond substituents is 1. The van der Waals surface area contributed by atoms with Crippen molar-refractivity contribution in [3.8, 4) is 5.75 Å². The number of halogens is 1. The van der Waals surface area contributed by atoms with Gasteiger partial charge in [0.15, 0.2) is 5.82 Å². The van der Waals surface area contributed by atoms with E-state index in [1.165, 1.54) is 42.5 Å². The zero-order chi connectivity index (χ0) is 14.8. The first-order valence-corrected chi connectivity index (χ1v) is 8.15. The monoisotopic (exact) mass is 310 g/mol. The van der Waals surface area contributed by atoms with E-state index in [1.54, 1.807) is 6.07 Å². The van der Waals surface area contributed by atoms with Crippen molar-refractivity contribution in [2.24, 2.45) is 5.92 Å². The van der Waals surface area contributed by atoms with E-state index in [1.807, 2.05) is 0 Å². The van der Waals surface area contributed by atoms with Crippen LogP contribution in [-0.2, 0) is 11.2 Å². The van der Waals surface area contributed by atoms with Gasteiger partial charge in [0.2, 0.25) is 0 Å². The smallest absolute Gasteiger partial charge is 0.251 e. The normalized spacial score (nSPS) is 19.9. The standard InChI is InChI=1S/C15H19FN2O2S/c16-12-7-11(6-10-4-2-1-3-5-10)8-13(19)15(12)18-9-14(20)17-21-18/h7-8,10,19H,1-6,9H2,(H,17,20). The summed E-state index contributed by atoms with van der Waals surface area (Å²) in [6.07, 6.45) is 6.97. The van der Waals surface area contributed by atoms with Gasteiger partial charge in [-0.25, -0.2) is 4.39 Å². The summed E-state index contributed by atoms with van der Waals surface area (Å²) in [4.78, 5) is 11.2. The van der Waals surface area contributed by atoms with Crippen LogP contribution >= 0.6 is 12.1 Å². The molecule has 0 atom stereocenters. The molecule has 1 aliphatic carbocycles. The molecule has 0 radical (unpaired) electrons. The average Bonchev–Trinajstić information content (AvgIpc) is 2.85. The number of hydrogen-bond donors (Lipinski definition) is 2. The molecule has 1 amide bonds. The number of nitrogens with zero attached hydrogens (tertiary/aromatic N) is 1. The summed E-state index contributed by atoms with van der Waals surface area (Å²) >= 11 is 1.01. The molecule has 21 heavy (non-hydrogen) atoms. The predicted octanol–water partition coefficient (Wildman–Crippen LogP) is 3.15. The van der Waals surface area contributed by atoms with Gasteiger partial charge < -0.3 is 5.11 Å². The fourth-order valence-corrected chi connectivity index (χ4v) is 3.88. The fraction of sp³-hybridized carbons (Fsp3) is 0.533. The average molecular weight is 310 g/mol. The van der Waals surface area contributed by atoms with Gasteiger partial charge in [0.05, 0.1) is 12.1 Å². The molecule has 3 rings (SSSR count). The lowest BCUT2D eigenvalue weighted by atomic mass is 9.85. The Hall–Kier alpha value is -1.43. The molecule has 0 spiro atoms. The van der Waals surface area contributed by atoms with E-state index < -0.39 is 5.82 Å². The van der Waals surface area contributed by atoms with E-state index in [9.17, 15) is 14.3 Å². The van der Waals surface area contributed by atoms with Gasteiger partial charge in [-0.05, 0) is 30.0 Å². The Morgan fingerprint density at radius 2 is 2.10 bits per heavy atom. The highest BCUT2D eigenvalue weighted by Crippen LogP contribution is 2.37. The van der Waals surface area contributed by atoms with Crippen molar-refractivity contribution in [2.75, 3.05) is 10.8 Å². The Bertz CT molecular complexity index is 523. The molecule has 2 aliphatic rings. The van der Waals surface area contributed by atoms with E-state index >= 15 is 0 Å². The van der Waals surface area contributed by atoms with Gasteiger partial charge in [-0.1, -0.05) is 32.1 Å². The number of hydrogen-bond acceptors (Lipinski definition) is 4. The van der Waals surface area contributed by atoms with Crippen LogP contribution in [0.2, 0.25) is 0 Å². The van der Waals surface area contributed by atoms with Crippen LogP contribution in [0.1, 0.15) is 37.7 Å². The Morgan fingerprint density at radius 3 is 2.71 bits per heavy atom. The highest BCUT2D eigenvalue weighted by Gasteiger charge is 2.26. The van der Waals surface area contributed by atoms with Crippen molar-refractivity contribution < 1.29 is 14.3 Å². The van der Waals surface area contributed by atoms with Crippen molar-refractivity contribution in [1.29, 1.82) is 0 Å². The van der Waals surface area contributed by atoms with Crippen LogP contribution in [0.4, 0.5) is 10.1 Å². The van der Waals surface area contributed by atoms with Crippen LogP contribution < -0.4 is 9.03 Å². The third kappa shape index (κ3) is 3.26. The summed E-state index contributed by atoms with van der Waals surface area (Å²) in [7, 11) is 0. The number of benzene rings is 1. The summed E-state index contributed by atoms with van der Waals surface area (Å²) in [6.45, 7) is 0.0527. The molecule has 6 heteroatoms. The molecule has 1 saturated carbocycles. The van der Waals surface area contributed by atoms with Gasteiger partial charge in [0, 0.05) is 0 Å². The van der Waals surface area contributed by atoms with Crippen LogP contribution in [-0.4, -0.2) is 17.6 Å². The maximum absolute atomic E-state index is 14.3. The van der Waals surface area contributed by atoms with Crippen molar-refractivity contribution in [3.05, 3.63) is 23.5 Å². The number of rotatable bonds is 3. The number of phenols is 1. The van der Waals surface area contributed by atoms with Crippen LogP contribution in [0.15, 0.2) is 12.1 Å². The van der Waals surface area contributed by atoms with Crippen molar-refractivity contribution in [1.82, 2.24) is 4.72 Å². The highest BCUT2D eigenvalue weighted by atomic mass is 32.2. The summed E-state index contributed by atoms with van der Waals surface area (Å²) in [6, 6.07) is 3.13. The van der Waals surface area contributed by atoms with E-state index in [4.69, 9.17) is 0 Å². The molecule has 0 bridgehead atoms. The number of anilines is 1. The molecule has 0 aromatic heterocycles. The van der Waals surface area contributed by atoms with E-state index in [0.29, 0.717) is 5.92 Å². The minimum Gasteiger partial charge on any atom is -0.506 e. The largest absolute Gasteiger partial charge is 0.506 e. The lowest BCUT2D eigenvalue weighted by Crippen LogP contribution is -2.17. The number of carbonyl (C=O) groups is 1. The summed E-state index contributed by atoms with van der Waals surface area (Å²) in [5.74, 6) is -0.160. The SMILES string of the molecule is O=C1CN(c2c(O)cc(CC3CCCCC3)cc2F)SN1. The van der Waals surface area contributed by atoms with Gasteiger partial charge in [0.25, 0.3) is 5.91 Å². The maximum atomic E-state index is 14.3. The molecular weight excluding hydrogens is 291 g/mol. The quantitative estimate of drug-likeness (QED) is 0.842. The first-order chi connectivity index (χ1) is 10.1. The Labute approximate surface area is 128 Å². The molecular formula is C15H19FN2O2S. The molecule has 2 N–H and O–H groups in total. The topological polar surface area (TPSA) is 52.6 Å². The van der Waals surface area contributed by atoms with Crippen molar-refractivity contribution >= 4 is 23.7 Å². The molecule has 1 aromatic carbocycles. The molecule has 2 fully saturated rings. The van der Waals surface area contributed by atoms with Gasteiger partial charge >= 0.3 is 0 Å². The van der Waals surface area contributed by atoms with Crippen LogP contribution in [0, 0.1) is 11.7 Å². The fourth-order valence-electron chi connectivity index (χ4n) is 3.15. The first-order valence-electron chi connectivity index (χ1n) is 7.38. The summed E-state index contributed by atoms with van der Waals surface area (Å²) < 4.78 is 18.3. The molecule has 1 aromatic rings. The van der Waals surface area contributed by atoms with Gasteiger partial charge in [0.1, 0.15) is 18.0 Å². The van der Waals surface area contributed by atoms with E-state index in [2.05, 4.69) is 4.72 Å². The van der Waals surface area contributed by atoms with E-state index in [0.717, 1.165) is 24.1 Å². The van der Waals surface area contributed by atoms with Crippen molar-refractivity contribution in [2.45, 2.75) is 38.5 Å². The second kappa shape index (κ2) is 6.13. The zero-order valence-corrected chi connectivity index (χ0v) is 12.6. The van der Waals surface area contributed by atoms with Crippen LogP contribution in [0.5, 0.6) is 5.75 Å². The Kier molecular flexibility index (Phi) is 4.24. The first kappa shape index (κ1) is 14.5. The van der Waals surface area contributed by atoms with Crippen LogP contribution in [0.3, 0.4) is 0 Å². The zero-order valence-electron chi connectivity index (χ0n) is 11.8. The van der Waals surface area contributed by atoms with Crippen molar-refractivity contribution in [3.63, 3.8) is 0 Å². The predicted molar refractivity (Wildman–Crippen MR) is 81.4 cm³/mol. The Morgan fingerprint density at radius 1 is 1.33 bits per heavy atom. The lowest BCUT2D eigenvalue weighted by molar-refractivity contribution is -0.117. The summed E-state index contributed by atoms with van der Waals surface area (Å²) in [5, 5.41) is 10.1. The molecule has 1 heterocycles. The minimum absolute atomic E-state index is 0.0527. The number of aromatic hydroxyl groups is 1. The minimum atomic E-state index is -0.468. The number of amides is 1. The third-order valence-corrected chi connectivity index (χ3v) is 5.01. The molecule has 4 nitrogen and oxygen atoms in total. The highest BCUT2D eigenvalue weighted by molar-refractivity contribution is 7.99. The third-order valence-electron chi connectivity index (χ3n) is 4.16. The summed E-state index contributed by atoms with van der Waals surface area (Å²) in [5.41, 5.74) is 0.926. The number of nitrogens with one attached hydrogen (secondary N) is 1. The molecule has 1 saturated heterocycles. The Balaban J connectivity index is 1.77. The van der Waals surface area contributed by atoms with Gasteiger partial charge in [-0.2, -0.15) is 0 Å². The van der Waals surface area contributed by atoms with Crippen LogP contribution in [0.25, 0.3) is 0 Å². The van der Waals surface area contributed by atoms with Gasteiger partial charge in [-0.15, -0.1) is 0 Å². The second-order valence-electron chi connectivity index (χ2n) is 5.81.